The van der Waals surface area contributed by atoms with Gasteiger partial charge in [-0.05, 0) is 56.4 Å². The Balaban J connectivity index is 2.04. The molecule has 0 bridgehead atoms. The van der Waals surface area contributed by atoms with Gasteiger partial charge in [-0.15, -0.1) is 0 Å². The fraction of sp³-hybridized carbons (Fsp3) is 0.333. The highest BCUT2D eigenvalue weighted by Crippen LogP contribution is 2.40. The third-order valence-corrected chi connectivity index (χ3v) is 5.88. The molecule has 1 amide bonds. The molecule has 0 aromatic heterocycles. The predicted molar refractivity (Wildman–Crippen MR) is 119 cm³/mol. The van der Waals surface area contributed by atoms with Crippen LogP contribution in [-0.2, 0) is 9.59 Å². The molecule has 1 atom stereocenters. The molecule has 0 aliphatic carbocycles. The number of Topliss-reactive ketones (excluding diaryl/α,β-unsaturated/α-hetero) is 1. The number of benzene rings is 2. The highest BCUT2D eigenvalue weighted by molar-refractivity contribution is 6.46. The Labute approximate surface area is 186 Å². The molecule has 3 rings (SSSR count). The van der Waals surface area contributed by atoms with E-state index in [-0.39, 0.29) is 23.4 Å². The predicted octanol–water partition coefficient (Wildman–Crippen LogP) is 4.63. The lowest BCUT2D eigenvalue weighted by Crippen LogP contribution is -2.33. The van der Waals surface area contributed by atoms with Crippen LogP contribution in [0.4, 0.5) is 4.39 Å². The molecule has 5 nitrogen and oxygen atoms in total. The molecule has 0 spiro atoms. The Hall–Kier alpha value is -2.70. The van der Waals surface area contributed by atoms with Crippen molar-refractivity contribution in [1.29, 1.82) is 0 Å². The van der Waals surface area contributed by atoms with Crippen LogP contribution in [0.5, 0.6) is 0 Å². The number of likely N-dealkylation sites (tertiary alicyclic amines) is 1. The third kappa shape index (κ3) is 4.81. The minimum atomic E-state index is -0.992. The van der Waals surface area contributed by atoms with E-state index in [1.807, 2.05) is 0 Å². The van der Waals surface area contributed by atoms with Crippen molar-refractivity contribution in [1.82, 2.24) is 9.80 Å². The minimum absolute atomic E-state index is 0.111. The van der Waals surface area contributed by atoms with E-state index in [2.05, 4.69) is 18.7 Å². The van der Waals surface area contributed by atoms with Crippen molar-refractivity contribution < 1.29 is 19.1 Å². The van der Waals surface area contributed by atoms with Gasteiger partial charge >= 0.3 is 0 Å². The fourth-order valence-corrected chi connectivity index (χ4v) is 4.02. The molecule has 0 radical (unpaired) electrons. The second kappa shape index (κ2) is 10.1. The molecule has 7 heteroatoms. The maximum atomic E-state index is 14.7. The van der Waals surface area contributed by atoms with Gasteiger partial charge in [0.05, 0.1) is 11.6 Å². The number of aliphatic hydroxyl groups excluding tert-OH is 1. The summed E-state index contributed by atoms with van der Waals surface area (Å²) in [5.41, 5.74) is 0.409. The van der Waals surface area contributed by atoms with Gasteiger partial charge in [0.2, 0.25) is 0 Å². The topological polar surface area (TPSA) is 60.9 Å². The van der Waals surface area contributed by atoms with Crippen molar-refractivity contribution in [2.75, 3.05) is 26.2 Å². The molecule has 1 aliphatic heterocycles. The van der Waals surface area contributed by atoms with Crippen molar-refractivity contribution in [2.45, 2.75) is 26.3 Å². The van der Waals surface area contributed by atoms with E-state index in [1.165, 1.54) is 11.0 Å². The molecule has 1 N–H and O–H groups in total. The first-order valence-corrected chi connectivity index (χ1v) is 10.8. The van der Waals surface area contributed by atoms with Gasteiger partial charge in [-0.3, -0.25) is 9.59 Å². The first kappa shape index (κ1) is 23.0. The maximum Gasteiger partial charge on any atom is 0.295 e. The zero-order valence-electron chi connectivity index (χ0n) is 17.6. The van der Waals surface area contributed by atoms with Gasteiger partial charge in [-0.1, -0.05) is 43.6 Å². The molecule has 2 aromatic rings. The van der Waals surface area contributed by atoms with Crippen LogP contribution in [0.15, 0.2) is 54.1 Å². The standard InChI is InChI=1S/C24H26ClFN2O3/c1-3-27(4-2)14-7-15-28-21(18-8-5-6-9-19(18)26)20(23(30)24(28)31)22(29)16-10-12-17(25)13-11-16/h5-6,8-13,21,29H,3-4,7,14-15H2,1-2H3. The number of halogens is 2. The number of nitrogens with zero attached hydrogens (tertiary/aromatic N) is 2. The number of aliphatic hydroxyl groups is 1. The summed E-state index contributed by atoms with van der Waals surface area (Å²) in [6.45, 7) is 6.89. The van der Waals surface area contributed by atoms with E-state index in [1.54, 1.807) is 42.5 Å². The zero-order chi connectivity index (χ0) is 22.5. The Morgan fingerprint density at radius 3 is 2.35 bits per heavy atom. The highest BCUT2D eigenvalue weighted by atomic mass is 35.5. The van der Waals surface area contributed by atoms with Gasteiger partial charge in [0.1, 0.15) is 11.6 Å². The Morgan fingerprint density at radius 1 is 1.10 bits per heavy atom. The number of hydrogen-bond acceptors (Lipinski definition) is 4. The lowest BCUT2D eigenvalue weighted by Gasteiger charge is -2.27. The van der Waals surface area contributed by atoms with Crippen LogP contribution in [0.25, 0.3) is 5.76 Å². The lowest BCUT2D eigenvalue weighted by atomic mass is 9.95. The normalized spacial score (nSPS) is 18.2. The average molecular weight is 445 g/mol. The van der Waals surface area contributed by atoms with E-state index >= 15 is 0 Å². The summed E-state index contributed by atoms with van der Waals surface area (Å²) in [6.07, 6.45) is 0.626. The summed E-state index contributed by atoms with van der Waals surface area (Å²) in [4.78, 5) is 29.4. The molecule has 1 unspecified atom stereocenters. The van der Waals surface area contributed by atoms with Crippen LogP contribution in [0.2, 0.25) is 5.02 Å². The molecule has 1 fully saturated rings. The van der Waals surface area contributed by atoms with Crippen LogP contribution in [0.3, 0.4) is 0 Å². The first-order chi connectivity index (χ1) is 14.9. The molecule has 31 heavy (non-hydrogen) atoms. The molecule has 2 aromatic carbocycles. The summed E-state index contributed by atoms with van der Waals surface area (Å²) < 4.78 is 14.7. The molecular formula is C24H26ClFN2O3. The van der Waals surface area contributed by atoms with Crippen LogP contribution >= 0.6 is 11.6 Å². The Bertz CT molecular complexity index is 987. The molecular weight excluding hydrogens is 419 g/mol. The van der Waals surface area contributed by atoms with Gasteiger partial charge in [-0.25, -0.2) is 4.39 Å². The summed E-state index contributed by atoms with van der Waals surface area (Å²) in [5, 5.41) is 11.4. The van der Waals surface area contributed by atoms with E-state index in [4.69, 9.17) is 11.6 Å². The Morgan fingerprint density at radius 2 is 1.74 bits per heavy atom. The minimum Gasteiger partial charge on any atom is -0.507 e. The van der Waals surface area contributed by atoms with Crippen molar-refractivity contribution >= 4 is 29.1 Å². The maximum absolute atomic E-state index is 14.7. The summed E-state index contributed by atoms with van der Waals surface area (Å²) in [5.74, 6) is -2.42. The van der Waals surface area contributed by atoms with Gasteiger partial charge in [0, 0.05) is 22.7 Å². The highest BCUT2D eigenvalue weighted by Gasteiger charge is 2.46. The summed E-state index contributed by atoms with van der Waals surface area (Å²) in [6, 6.07) is 11.3. The molecule has 1 saturated heterocycles. The molecule has 1 heterocycles. The smallest absolute Gasteiger partial charge is 0.295 e. The van der Waals surface area contributed by atoms with Gasteiger partial charge in [0.25, 0.3) is 11.7 Å². The lowest BCUT2D eigenvalue weighted by molar-refractivity contribution is -0.140. The SMILES string of the molecule is CCN(CC)CCCN1C(=O)C(=O)C(=C(O)c2ccc(Cl)cc2)C1c1ccccc1F. The Kier molecular flexibility index (Phi) is 7.46. The number of carbonyl (C=O) groups is 2. The largest absolute Gasteiger partial charge is 0.507 e. The van der Waals surface area contributed by atoms with Crippen molar-refractivity contribution in [3.63, 3.8) is 0 Å². The molecule has 164 valence electrons. The van der Waals surface area contributed by atoms with Gasteiger partial charge in [-0.2, -0.15) is 0 Å². The molecule has 0 saturated carbocycles. The van der Waals surface area contributed by atoms with E-state index in [0.29, 0.717) is 17.0 Å². The molecule has 1 aliphatic rings. The quantitative estimate of drug-likeness (QED) is 0.366. The first-order valence-electron chi connectivity index (χ1n) is 10.4. The zero-order valence-corrected chi connectivity index (χ0v) is 18.4. The number of ketones is 1. The van der Waals surface area contributed by atoms with Gasteiger partial charge < -0.3 is 14.9 Å². The number of carbonyl (C=O) groups excluding carboxylic acids is 2. The van der Waals surface area contributed by atoms with Crippen molar-refractivity contribution in [3.05, 3.63) is 76.1 Å². The van der Waals surface area contributed by atoms with Crippen molar-refractivity contribution in [3.8, 4) is 0 Å². The van der Waals surface area contributed by atoms with Crippen LogP contribution < -0.4 is 0 Å². The monoisotopic (exact) mass is 444 g/mol. The van der Waals surface area contributed by atoms with E-state index < -0.39 is 23.5 Å². The van der Waals surface area contributed by atoms with Crippen molar-refractivity contribution in [2.24, 2.45) is 0 Å². The summed E-state index contributed by atoms with van der Waals surface area (Å²) >= 11 is 5.92. The number of amides is 1. The average Bonchev–Trinajstić information content (AvgIpc) is 3.02. The van der Waals surface area contributed by atoms with Crippen LogP contribution in [-0.4, -0.2) is 52.8 Å². The second-order valence-electron chi connectivity index (χ2n) is 7.40. The van der Waals surface area contributed by atoms with E-state index in [0.717, 1.165) is 19.6 Å². The fourth-order valence-electron chi connectivity index (χ4n) is 3.90. The van der Waals surface area contributed by atoms with E-state index in [9.17, 15) is 19.1 Å². The number of hydrogen-bond donors (Lipinski definition) is 1. The second-order valence-corrected chi connectivity index (χ2v) is 7.84. The number of rotatable bonds is 8. The van der Waals surface area contributed by atoms with Crippen LogP contribution in [0, 0.1) is 5.82 Å². The van der Waals surface area contributed by atoms with Crippen LogP contribution in [0.1, 0.15) is 37.4 Å². The summed E-state index contributed by atoms with van der Waals surface area (Å²) in [7, 11) is 0. The van der Waals surface area contributed by atoms with Gasteiger partial charge in [0.15, 0.2) is 0 Å². The third-order valence-electron chi connectivity index (χ3n) is 5.63.